The van der Waals surface area contributed by atoms with Crippen molar-refractivity contribution in [3.8, 4) is 0 Å². The van der Waals surface area contributed by atoms with Gasteiger partial charge in [0.15, 0.2) is 10.8 Å². The molecule has 0 saturated carbocycles. The van der Waals surface area contributed by atoms with Gasteiger partial charge in [-0.1, -0.05) is 11.2 Å². The molecule has 2 atom stereocenters. The molecule has 2 aromatic heterocycles. The van der Waals surface area contributed by atoms with E-state index in [0.717, 1.165) is 16.2 Å². The minimum atomic E-state index is -1.34. The number of nitrogen functional groups attached to an aromatic ring is 1. The number of allylic oxidation sites excluding steroid dienone is 1. The van der Waals surface area contributed by atoms with Crippen molar-refractivity contribution in [1.82, 2.24) is 15.2 Å². The average Bonchev–Trinajstić information content (AvgIpc) is 3.47. The number of nitrogens with zero attached hydrogens (tertiary/aromatic N) is 4. The van der Waals surface area contributed by atoms with E-state index in [1.165, 1.54) is 48.5 Å². The number of hydrogen-bond acceptors (Lipinski definition) is 12. The molecule has 0 bridgehead atoms. The first kappa shape index (κ1) is 27.4. The second kappa shape index (κ2) is 11.3. The fraction of sp³-hybridized carbons (Fsp3) is 0.211. The van der Waals surface area contributed by atoms with Gasteiger partial charge in [-0.05, 0) is 17.7 Å². The van der Waals surface area contributed by atoms with Crippen molar-refractivity contribution in [2.24, 2.45) is 5.16 Å². The van der Waals surface area contributed by atoms with E-state index >= 15 is 0 Å². The second-order valence-electron chi connectivity index (χ2n) is 7.00. The summed E-state index contributed by atoms with van der Waals surface area (Å²) in [5, 5.41) is 27.8. The third-order valence-corrected chi connectivity index (χ3v) is 6.87. The van der Waals surface area contributed by atoms with E-state index in [9.17, 15) is 29.6 Å². The first-order chi connectivity index (χ1) is 16.7. The topological polar surface area (TPSA) is 203 Å². The van der Waals surface area contributed by atoms with Gasteiger partial charge >= 0.3 is 41.4 Å². The number of nitrogens with one attached hydrogen (secondary N) is 1. The van der Waals surface area contributed by atoms with Crippen LogP contribution in [-0.4, -0.2) is 67.7 Å². The van der Waals surface area contributed by atoms with E-state index in [0.29, 0.717) is 5.57 Å². The number of amides is 2. The predicted molar refractivity (Wildman–Crippen MR) is 125 cm³/mol. The van der Waals surface area contributed by atoms with Crippen LogP contribution in [-0.2, 0) is 19.2 Å². The predicted octanol–water partition coefficient (Wildman–Crippen LogP) is -1.85. The Morgan fingerprint density at radius 3 is 2.81 bits per heavy atom. The standard InChI is InChI=1S/C19H16N6O8S2.Na.H/c1-32-23-12(10-7-35-19(20)21-10)15(26)22-13-16(27)24-14(18(28)29)8(6-34-17(13)24)2-3-9-4-5-11(33-9)25(30)31;;/h2-5,7,13,17H,6H2,1H3,(H2,20,21)(H,22,26)(H,28,29);;/q;+1;-1/b3-2+,23-12+;;/t13?,17-;;/m1../s1. The first-order valence-electron chi connectivity index (χ1n) is 9.68. The summed E-state index contributed by atoms with van der Waals surface area (Å²) in [4.78, 5) is 57.4. The maximum atomic E-state index is 12.8. The molecule has 1 fully saturated rings. The Bertz CT molecular complexity index is 1330. The molecule has 36 heavy (non-hydrogen) atoms. The molecule has 1 unspecified atom stereocenters. The Morgan fingerprint density at radius 1 is 1.47 bits per heavy atom. The largest absolute Gasteiger partial charge is 1.00 e. The van der Waals surface area contributed by atoms with Gasteiger partial charge in [-0.25, -0.2) is 9.78 Å². The SMILES string of the molecule is CO/N=C(/C(=O)NC1C(=O)N2C(C(=O)O)=C(/C=C/c3ccc([N+](=O)[O-])o3)CS[C@H]12)c1csc(N)n1.[H-].[Na+]. The van der Waals surface area contributed by atoms with Crippen LogP contribution in [0.25, 0.3) is 6.08 Å². The Hall–Kier alpha value is -3.18. The van der Waals surface area contributed by atoms with Crippen molar-refractivity contribution in [3.63, 3.8) is 0 Å². The number of aromatic nitrogens is 1. The molecule has 4 rings (SSSR count). The van der Waals surface area contributed by atoms with Crippen LogP contribution in [0.2, 0.25) is 0 Å². The molecule has 184 valence electrons. The normalized spacial score (nSPS) is 19.4. The molecule has 0 aliphatic carbocycles. The molecule has 2 aromatic rings. The molecular weight excluding hydrogens is 527 g/mol. The monoisotopic (exact) mass is 544 g/mol. The van der Waals surface area contributed by atoms with Crippen LogP contribution < -0.4 is 40.6 Å². The van der Waals surface area contributed by atoms with Gasteiger partial charge in [0.25, 0.3) is 11.8 Å². The minimum absolute atomic E-state index is 0. The molecule has 2 amide bonds. The summed E-state index contributed by atoms with van der Waals surface area (Å²) in [6.07, 6.45) is 2.80. The van der Waals surface area contributed by atoms with Crippen LogP contribution in [0, 0.1) is 10.1 Å². The van der Waals surface area contributed by atoms with E-state index < -0.39 is 40.0 Å². The summed E-state index contributed by atoms with van der Waals surface area (Å²) >= 11 is 2.34. The van der Waals surface area contributed by atoms with Gasteiger partial charge in [-0.15, -0.1) is 23.1 Å². The molecule has 4 heterocycles. The molecule has 0 radical (unpaired) electrons. The number of furan rings is 1. The van der Waals surface area contributed by atoms with E-state index in [-0.39, 0.29) is 64.7 Å². The van der Waals surface area contributed by atoms with Crippen molar-refractivity contribution in [1.29, 1.82) is 0 Å². The Kier molecular flexibility index (Phi) is 8.57. The molecule has 14 nitrogen and oxygen atoms in total. The minimum Gasteiger partial charge on any atom is -1.00 e. The number of aliphatic carboxylic acids is 1. The summed E-state index contributed by atoms with van der Waals surface area (Å²) < 4.78 is 5.03. The Balaban J connectivity index is 0.00000241. The van der Waals surface area contributed by atoms with Crippen LogP contribution in [0.1, 0.15) is 12.9 Å². The number of carboxylic acid groups (broad SMARTS) is 1. The average molecular weight is 545 g/mol. The number of thioether (sulfide) groups is 1. The van der Waals surface area contributed by atoms with E-state index in [4.69, 9.17) is 15.0 Å². The molecule has 0 spiro atoms. The van der Waals surface area contributed by atoms with Gasteiger partial charge < -0.3 is 26.8 Å². The van der Waals surface area contributed by atoms with Crippen LogP contribution in [0.4, 0.5) is 11.0 Å². The number of nitro groups is 1. The van der Waals surface area contributed by atoms with Crippen LogP contribution in [0.3, 0.4) is 0 Å². The number of carboxylic acids is 1. The van der Waals surface area contributed by atoms with Gasteiger partial charge in [0.1, 0.15) is 40.6 Å². The molecular formula is C19H17N6NaO8S2. The fourth-order valence-electron chi connectivity index (χ4n) is 3.39. The Morgan fingerprint density at radius 2 is 2.22 bits per heavy atom. The second-order valence-corrected chi connectivity index (χ2v) is 8.99. The number of anilines is 1. The molecule has 2 aliphatic rings. The van der Waals surface area contributed by atoms with Gasteiger partial charge in [0.2, 0.25) is 0 Å². The molecule has 4 N–H and O–H groups in total. The smallest absolute Gasteiger partial charge is 1.00 e. The summed E-state index contributed by atoms with van der Waals surface area (Å²) in [6.45, 7) is 0. The number of carbonyl (C=O) groups is 3. The Labute approximate surface area is 234 Å². The summed E-state index contributed by atoms with van der Waals surface area (Å²) in [5.74, 6) is -2.80. The van der Waals surface area contributed by atoms with Gasteiger partial charge in [-0.2, -0.15) is 0 Å². The van der Waals surface area contributed by atoms with Gasteiger partial charge in [0, 0.05) is 11.1 Å². The summed E-state index contributed by atoms with van der Waals surface area (Å²) in [5.41, 5.74) is 5.65. The van der Waals surface area contributed by atoms with Gasteiger partial charge in [0.05, 0.1) is 6.07 Å². The number of fused-ring (bicyclic) bond motifs is 1. The van der Waals surface area contributed by atoms with Crippen LogP contribution in [0.15, 0.2) is 44.4 Å². The van der Waals surface area contributed by atoms with Crippen molar-refractivity contribution >= 4 is 63.7 Å². The number of rotatable bonds is 8. The van der Waals surface area contributed by atoms with E-state index in [1.54, 1.807) is 0 Å². The van der Waals surface area contributed by atoms with E-state index in [2.05, 4.69) is 15.5 Å². The maximum absolute atomic E-state index is 12.8. The van der Waals surface area contributed by atoms with Crippen LogP contribution in [0.5, 0.6) is 0 Å². The molecule has 2 aliphatic heterocycles. The van der Waals surface area contributed by atoms with E-state index in [1.807, 2.05) is 0 Å². The van der Waals surface area contributed by atoms with Crippen molar-refractivity contribution < 1.29 is 64.7 Å². The maximum Gasteiger partial charge on any atom is 1.00 e. The first-order valence-corrected chi connectivity index (χ1v) is 11.6. The number of β-lactam (4-membered cyclic amide) rings is 1. The van der Waals surface area contributed by atoms with Gasteiger partial charge in [-0.3, -0.25) is 24.6 Å². The molecule has 1 saturated heterocycles. The molecule has 0 aromatic carbocycles. The zero-order valence-electron chi connectivity index (χ0n) is 19.7. The number of carbonyl (C=O) groups excluding carboxylic acids is 2. The third kappa shape index (κ3) is 5.31. The van der Waals surface area contributed by atoms with Crippen molar-refractivity contribution in [2.45, 2.75) is 11.4 Å². The summed E-state index contributed by atoms with van der Waals surface area (Å²) in [7, 11) is 1.25. The fourth-order valence-corrected chi connectivity index (χ4v) is 5.25. The number of thiazole rings is 1. The number of nitrogens with two attached hydrogens (primary N) is 1. The van der Waals surface area contributed by atoms with Crippen molar-refractivity contribution in [2.75, 3.05) is 18.6 Å². The third-order valence-electron chi connectivity index (χ3n) is 4.89. The summed E-state index contributed by atoms with van der Waals surface area (Å²) in [6, 6.07) is 1.54. The number of hydrogen-bond donors (Lipinski definition) is 3. The zero-order valence-corrected chi connectivity index (χ0v) is 22.4. The molecule has 17 heteroatoms. The zero-order chi connectivity index (χ0) is 25.3. The quantitative estimate of drug-likeness (QED) is 0.111. The number of oxime groups is 1. The van der Waals surface area contributed by atoms with Crippen LogP contribution >= 0.6 is 23.1 Å². The van der Waals surface area contributed by atoms with Crippen molar-refractivity contribution in [3.05, 3.63) is 56.4 Å².